The molecule has 0 atom stereocenters. The number of piperazine rings is 1. The Morgan fingerprint density at radius 2 is 1.57 bits per heavy atom. The van der Waals surface area contributed by atoms with Gasteiger partial charge in [0.2, 0.25) is 0 Å². The van der Waals surface area contributed by atoms with Crippen molar-refractivity contribution < 1.29 is 4.79 Å². The molecular weight excluding hydrogens is 372 g/mol. The first kappa shape index (κ1) is 22.2. The van der Waals surface area contributed by atoms with Crippen molar-refractivity contribution in [1.29, 1.82) is 0 Å². The Morgan fingerprint density at radius 3 is 2.17 bits per heavy atom. The number of carbonyl (C=O) groups excluding carboxylic acids is 1. The fourth-order valence-corrected chi connectivity index (χ4v) is 3.54. The minimum absolute atomic E-state index is 0.0652. The summed E-state index contributed by atoms with van der Waals surface area (Å²) in [6, 6.07) is 17.0. The topological polar surface area (TPSA) is 47.9 Å². The highest BCUT2D eigenvalue weighted by atomic mass is 16.2. The molecule has 5 heteroatoms. The van der Waals surface area contributed by atoms with Crippen LogP contribution < -0.4 is 5.43 Å². The molecule has 3 rings (SSSR count). The van der Waals surface area contributed by atoms with Crippen molar-refractivity contribution in [2.45, 2.75) is 39.7 Å². The number of amides is 1. The van der Waals surface area contributed by atoms with E-state index in [4.69, 9.17) is 0 Å². The maximum atomic E-state index is 12.2. The first-order valence-electron chi connectivity index (χ1n) is 10.7. The largest absolute Gasteiger partial charge is 0.297 e. The lowest BCUT2D eigenvalue weighted by molar-refractivity contribution is -0.122. The highest BCUT2D eigenvalue weighted by molar-refractivity contribution is 5.83. The van der Waals surface area contributed by atoms with Crippen LogP contribution in [0.5, 0.6) is 0 Å². The van der Waals surface area contributed by atoms with Gasteiger partial charge in [-0.3, -0.25) is 14.6 Å². The van der Waals surface area contributed by atoms with Crippen molar-refractivity contribution in [3.05, 3.63) is 70.8 Å². The number of rotatable bonds is 6. The average molecular weight is 407 g/mol. The van der Waals surface area contributed by atoms with Crippen molar-refractivity contribution in [2.75, 3.05) is 32.7 Å². The van der Waals surface area contributed by atoms with Gasteiger partial charge in [0.05, 0.1) is 12.8 Å². The lowest BCUT2D eigenvalue weighted by Crippen LogP contribution is -2.48. The molecule has 0 unspecified atom stereocenters. The minimum Gasteiger partial charge on any atom is -0.297 e. The van der Waals surface area contributed by atoms with Crippen LogP contribution >= 0.6 is 0 Å². The normalized spacial score (nSPS) is 16.1. The molecule has 1 fully saturated rings. The lowest BCUT2D eigenvalue weighted by Gasteiger charge is -2.34. The zero-order valence-electron chi connectivity index (χ0n) is 18.7. The fourth-order valence-electron chi connectivity index (χ4n) is 3.54. The van der Waals surface area contributed by atoms with Crippen molar-refractivity contribution >= 4 is 12.1 Å². The number of aryl methyl sites for hydroxylation is 1. The Balaban J connectivity index is 1.38. The molecule has 2 aromatic rings. The highest BCUT2D eigenvalue weighted by Gasteiger charge is 2.19. The maximum absolute atomic E-state index is 12.2. The molecule has 5 nitrogen and oxygen atoms in total. The molecule has 0 aliphatic carbocycles. The first-order valence-corrected chi connectivity index (χ1v) is 10.7. The van der Waals surface area contributed by atoms with E-state index in [0.29, 0.717) is 6.54 Å². The van der Waals surface area contributed by atoms with Crippen LogP contribution in [0.1, 0.15) is 43.0 Å². The quantitative estimate of drug-likeness (QED) is 0.589. The van der Waals surface area contributed by atoms with Crippen LogP contribution in [0.15, 0.2) is 53.6 Å². The molecule has 1 saturated heterocycles. The summed E-state index contributed by atoms with van der Waals surface area (Å²) < 4.78 is 0. The minimum atomic E-state index is -0.0652. The summed E-state index contributed by atoms with van der Waals surface area (Å²) in [6.07, 6.45) is 1.70. The van der Waals surface area contributed by atoms with Crippen molar-refractivity contribution in [3.8, 4) is 0 Å². The Bertz CT molecular complexity index is 842. The third-order valence-corrected chi connectivity index (χ3v) is 5.54. The third kappa shape index (κ3) is 6.78. The number of nitrogens with zero attached hydrogens (tertiary/aromatic N) is 3. The van der Waals surface area contributed by atoms with Crippen molar-refractivity contribution in [3.63, 3.8) is 0 Å². The van der Waals surface area contributed by atoms with E-state index in [0.717, 1.165) is 38.3 Å². The van der Waals surface area contributed by atoms with Gasteiger partial charge in [0.15, 0.2) is 0 Å². The Hall–Kier alpha value is -2.50. The van der Waals surface area contributed by atoms with Crippen LogP contribution in [0.2, 0.25) is 0 Å². The SMILES string of the molecule is Cc1ccc(CN2CCN(CC(=O)N/N=C\c3ccc(C(C)(C)C)cc3)CC2)cc1. The smallest absolute Gasteiger partial charge is 0.254 e. The Morgan fingerprint density at radius 1 is 0.967 bits per heavy atom. The summed E-state index contributed by atoms with van der Waals surface area (Å²) >= 11 is 0. The van der Waals surface area contributed by atoms with E-state index in [1.807, 2.05) is 12.1 Å². The summed E-state index contributed by atoms with van der Waals surface area (Å²) in [5, 5.41) is 4.12. The number of carbonyl (C=O) groups is 1. The number of hydrogen-bond acceptors (Lipinski definition) is 4. The fraction of sp³-hybridized carbons (Fsp3) is 0.440. The van der Waals surface area contributed by atoms with E-state index < -0.39 is 0 Å². The second-order valence-corrected chi connectivity index (χ2v) is 9.20. The van der Waals surface area contributed by atoms with Crippen LogP contribution in [0.4, 0.5) is 0 Å². The van der Waals surface area contributed by atoms with Gasteiger partial charge < -0.3 is 0 Å². The third-order valence-electron chi connectivity index (χ3n) is 5.54. The summed E-state index contributed by atoms with van der Waals surface area (Å²) in [6.45, 7) is 13.8. The van der Waals surface area contributed by atoms with Gasteiger partial charge in [0.25, 0.3) is 5.91 Å². The van der Waals surface area contributed by atoms with E-state index in [1.165, 1.54) is 16.7 Å². The van der Waals surface area contributed by atoms with E-state index in [2.05, 4.69) is 84.4 Å². The number of nitrogens with one attached hydrogen (secondary N) is 1. The van der Waals surface area contributed by atoms with Crippen LogP contribution in [-0.4, -0.2) is 54.6 Å². The number of benzene rings is 2. The molecule has 30 heavy (non-hydrogen) atoms. The Kier molecular flexibility index (Phi) is 7.40. The number of hydrazone groups is 1. The maximum Gasteiger partial charge on any atom is 0.254 e. The highest BCUT2D eigenvalue weighted by Crippen LogP contribution is 2.21. The summed E-state index contributed by atoms with van der Waals surface area (Å²) in [7, 11) is 0. The standard InChI is InChI=1S/C25H34N4O/c1-20-5-7-22(8-6-20)18-28-13-15-29(16-14-28)19-24(30)27-26-17-21-9-11-23(12-10-21)25(2,3)4/h5-12,17H,13-16,18-19H2,1-4H3,(H,27,30)/b26-17-. The second-order valence-electron chi connectivity index (χ2n) is 9.20. The zero-order valence-corrected chi connectivity index (χ0v) is 18.7. The van der Waals surface area contributed by atoms with Gasteiger partial charge in [-0.1, -0.05) is 74.9 Å². The van der Waals surface area contributed by atoms with Crippen molar-refractivity contribution in [1.82, 2.24) is 15.2 Å². The molecule has 0 radical (unpaired) electrons. The van der Waals surface area contributed by atoms with Gasteiger partial charge in [0.1, 0.15) is 0 Å². The molecule has 2 aromatic carbocycles. The summed E-state index contributed by atoms with van der Waals surface area (Å²) in [5.74, 6) is -0.0652. The molecule has 0 spiro atoms. The molecule has 0 saturated carbocycles. The molecule has 1 aliphatic rings. The van der Waals surface area contributed by atoms with E-state index in [1.54, 1.807) is 6.21 Å². The first-order chi connectivity index (χ1) is 14.3. The lowest BCUT2D eigenvalue weighted by atomic mass is 9.87. The van der Waals surface area contributed by atoms with E-state index in [-0.39, 0.29) is 11.3 Å². The van der Waals surface area contributed by atoms with Crippen LogP contribution in [-0.2, 0) is 16.8 Å². The molecular formula is C25H34N4O. The Labute approximate surface area is 180 Å². The summed E-state index contributed by atoms with van der Waals surface area (Å²) in [5.41, 5.74) is 7.69. The van der Waals surface area contributed by atoms with Gasteiger partial charge in [0, 0.05) is 32.7 Å². The molecule has 1 heterocycles. The van der Waals surface area contributed by atoms with Gasteiger partial charge in [-0.2, -0.15) is 5.10 Å². The average Bonchev–Trinajstić information content (AvgIpc) is 2.71. The number of hydrogen-bond donors (Lipinski definition) is 1. The molecule has 1 aliphatic heterocycles. The summed E-state index contributed by atoms with van der Waals surface area (Å²) in [4.78, 5) is 16.8. The predicted octanol–water partition coefficient (Wildman–Crippen LogP) is 3.56. The molecule has 1 N–H and O–H groups in total. The monoisotopic (exact) mass is 406 g/mol. The van der Waals surface area contributed by atoms with Gasteiger partial charge >= 0.3 is 0 Å². The van der Waals surface area contributed by atoms with Gasteiger partial charge in [-0.15, -0.1) is 0 Å². The zero-order chi connectivity index (χ0) is 21.6. The molecule has 0 bridgehead atoms. The predicted molar refractivity (Wildman–Crippen MR) is 124 cm³/mol. The molecule has 0 aromatic heterocycles. The van der Waals surface area contributed by atoms with Gasteiger partial charge in [-0.05, 0) is 29.0 Å². The molecule has 1 amide bonds. The van der Waals surface area contributed by atoms with Gasteiger partial charge in [-0.25, -0.2) is 5.43 Å². The van der Waals surface area contributed by atoms with E-state index >= 15 is 0 Å². The van der Waals surface area contributed by atoms with Crippen LogP contribution in [0.25, 0.3) is 0 Å². The van der Waals surface area contributed by atoms with E-state index in [9.17, 15) is 4.79 Å². The van der Waals surface area contributed by atoms with Crippen LogP contribution in [0.3, 0.4) is 0 Å². The molecule has 160 valence electrons. The van der Waals surface area contributed by atoms with Crippen LogP contribution in [0, 0.1) is 6.92 Å². The second kappa shape index (κ2) is 10.0. The van der Waals surface area contributed by atoms with Crippen molar-refractivity contribution in [2.24, 2.45) is 5.10 Å².